The fraction of sp³-hybridized carbons (Fsp3) is 0.158. The number of carbonyl (C=O) groups excluding carboxylic acids is 1. The van der Waals surface area contributed by atoms with Gasteiger partial charge in [0.05, 0.1) is 10.7 Å². The zero-order valence-corrected chi connectivity index (χ0v) is 14.5. The Labute approximate surface area is 146 Å². The van der Waals surface area contributed by atoms with Gasteiger partial charge in [0.1, 0.15) is 11.6 Å². The smallest absolute Gasteiger partial charge is 0.267 e. The van der Waals surface area contributed by atoms with Gasteiger partial charge in [0.15, 0.2) is 0 Å². The normalized spacial score (nSPS) is 10.9. The molecule has 0 atom stereocenters. The second kappa shape index (κ2) is 7.67. The van der Waals surface area contributed by atoms with Gasteiger partial charge in [0.2, 0.25) is 0 Å². The molecular formula is C19H18ClN3O. The summed E-state index contributed by atoms with van der Waals surface area (Å²) in [6.45, 7) is 5.75. The van der Waals surface area contributed by atoms with Crippen LogP contribution in [0.4, 0.5) is 11.4 Å². The van der Waals surface area contributed by atoms with E-state index in [4.69, 9.17) is 11.6 Å². The lowest BCUT2D eigenvalue weighted by atomic mass is 10.1. The first-order valence-electron chi connectivity index (χ1n) is 7.43. The van der Waals surface area contributed by atoms with Crippen LogP contribution in [0.25, 0.3) is 0 Å². The SMILES string of the molecule is Cc1cc(C)c(N/C=C(/C#N)C(=O)Nc2ccccc2C)c(Cl)c1. The third-order valence-electron chi connectivity index (χ3n) is 3.55. The Morgan fingerprint density at radius 1 is 1.17 bits per heavy atom. The number of anilines is 2. The number of hydrogen-bond donors (Lipinski definition) is 2. The van der Waals surface area contributed by atoms with Gasteiger partial charge in [-0.2, -0.15) is 5.26 Å². The van der Waals surface area contributed by atoms with Crippen LogP contribution in [0.5, 0.6) is 0 Å². The fourth-order valence-corrected chi connectivity index (χ4v) is 2.67. The molecule has 0 unspecified atom stereocenters. The summed E-state index contributed by atoms with van der Waals surface area (Å²) in [6.07, 6.45) is 1.37. The number of amides is 1. The highest BCUT2D eigenvalue weighted by Crippen LogP contribution is 2.27. The molecule has 0 aliphatic carbocycles. The summed E-state index contributed by atoms with van der Waals surface area (Å²) in [6, 6.07) is 13.1. The second-order valence-corrected chi connectivity index (χ2v) is 5.93. The maximum Gasteiger partial charge on any atom is 0.267 e. The van der Waals surface area contributed by atoms with Crippen LogP contribution in [-0.4, -0.2) is 5.91 Å². The van der Waals surface area contributed by atoms with Crippen molar-refractivity contribution in [2.24, 2.45) is 0 Å². The molecule has 122 valence electrons. The minimum atomic E-state index is -0.472. The molecule has 0 bridgehead atoms. The van der Waals surface area contributed by atoms with Gasteiger partial charge in [-0.25, -0.2) is 0 Å². The third kappa shape index (κ3) is 4.15. The highest BCUT2D eigenvalue weighted by atomic mass is 35.5. The predicted octanol–water partition coefficient (Wildman–Crippen LogP) is 4.72. The lowest BCUT2D eigenvalue weighted by Crippen LogP contribution is -2.15. The molecular weight excluding hydrogens is 322 g/mol. The van der Waals surface area contributed by atoms with Crippen molar-refractivity contribution in [2.45, 2.75) is 20.8 Å². The lowest BCUT2D eigenvalue weighted by molar-refractivity contribution is -0.112. The summed E-state index contributed by atoms with van der Waals surface area (Å²) in [4.78, 5) is 12.3. The monoisotopic (exact) mass is 339 g/mol. The number of carbonyl (C=O) groups is 1. The maximum absolute atomic E-state index is 12.3. The van der Waals surface area contributed by atoms with E-state index >= 15 is 0 Å². The van der Waals surface area contributed by atoms with Crippen LogP contribution < -0.4 is 10.6 Å². The van der Waals surface area contributed by atoms with Gasteiger partial charge in [-0.05, 0) is 49.6 Å². The van der Waals surface area contributed by atoms with Gasteiger partial charge >= 0.3 is 0 Å². The van der Waals surface area contributed by atoms with Crippen molar-refractivity contribution < 1.29 is 4.79 Å². The van der Waals surface area contributed by atoms with E-state index in [-0.39, 0.29) is 5.57 Å². The molecule has 0 aliphatic rings. The lowest BCUT2D eigenvalue weighted by Gasteiger charge is -2.11. The van der Waals surface area contributed by atoms with Gasteiger partial charge in [-0.3, -0.25) is 4.79 Å². The minimum Gasteiger partial charge on any atom is -0.359 e. The third-order valence-corrected chi connectivity index (χ3v) is 3.85. The van der Waals surface area contributed by atoms with E-state index in [2.05, 4.69) is 10.6 Å². The van der Waals surface area contributed by atoms with E-state index in [0.717, 1.165) is 16.7 Å². The first-order chi connectivity index (χ1) is 11.4. The first-order valence-corrected chi connectivity index (χ1v) is 7.80. The van der Waals surface area contributed by atoms with Gasteiger partial charge in [-0.1, -0.05) is 35.9 Å². The van der Waals surface area contributed by atoms with E-state index in [1.54, 1.807) is 6.07 Å². The summed E-state index contributed by atoms with van der Waals surface area (Å²) in [5.41, 5.74) is 4.23. The molecule has 5 heteroatoms. The van der Waals surface area contributed by atoms with Crippen molar-refractivity contribution in [1.82, 2.24) is 0 Å². The number of nitrogens with zero attached hydrogens (tertiary/aromatic N) is 1. The molecule has 24 heavy (non-hydrogen) atoms. The average molecular weight is 340 g/mol. The highest BCUT2D eigenvalue weighted by molar-refractivity contribution is 6.33. The summed E-state index contributed by atoms with van der Waals surface area (Å²) < 4.78 is 0. The molecule has 0 fully saturated rings. The number of nitrogens with one attached hydrogen (secondary N) is 2. The van der Waals surface area contributed by atoms with Crippen LogP contribution in [0.15, 0.2) is 48.2 Å². The number of benzene rings is 2. The molecule has 0 heterocycles. The Hall–Kier alpha value is -2.77. The molecule has 0 aromatic heterocycles. The largest absolute Gasteiger partial charge is 0.359 e. The Morgan fingerprint density at radius 2 is 1.88 bits per heavy atom. The summed E-state index contributed by atoms with van der Waals surface area (Å²) in [7, 11) is 0. The van der Waals surface area contributed by atoms with Crippen molar-refractivity contribution in [1.29, 1.82) is 5.26 Å². The molecule has 0 radical (unpaired) electrons. The quantitative estimate of drug-likeness (QED) is 0.625. The number of para-hydroxylation sites is 1. The molecule has 0 aliphatic heterocycles. The summed E-state index contributed by atoms with van der Waals surface area (Å²) >= 11 is 6.22. The zero-order chi connectivity index (χ0) is 17.7. The van der Waals surface area contributed by atoms with E-state index in [0.29, 0.717) is 16.4 Å². The topological polar surface area (TPSA) is 64.9 Å². The van der Waals surface area contributed by atoms with Crippen LogP contribution in [0, 0.1) is 32.1 Å². The van der Waals surface area contributed by atoms with Gasteiger partial charge in [-0.15, -0.1) is 0 Å². The maximum atomic E-state index is 12.3. The number of nitriles is 1. The fourth-order valence-electron chi connectivity index (χ4n) is 2.29. The predicted molar refractivity (Wildman–Crippen MR) is 98.1 cm³/mol. The van der Waals surface area contributed by atoms with E-state index in [9.17, 15) is 10.1 Å². The van der Waals surface area contributed by atoms with Crippen LogP contribution in [0.2, 0.25) is 5.02 Å². The first kappa shape index (κ1) is 17.6. The number of aryl methyl sites for hydroxylation is 3. The molecule has 2 rings (SSSR count). The zero-order valence-electron chi connectivity index (χ0n) is 13.8. The van der Waals surface area contributed by atoms with Crippen molar-refractivity contribution >= 4 is 28.9 Å². The highest BCUT2D eigenvalue weighted by Gasteiger charge is 2.11. The molecule has 2 aromatic rings. The van der Waals surface area contributed by atoms with Crippen molar-refractivity contribution in [3.63, 3.8) is 0 Å². The van der Waals surface area contributed by atoms with E-state index in [1.807, 2.05) is 57.2 Å². The van der Waals surface area contributed by atoms with Gasteiger partial charge < -0.3 is 10.6 Å². The van der Waals surface area contributed by atoms with Crippen LogP contribution in [0.1, 0.15) is 16.7 Å². The summed E-state index contributed by atoms with van der Waals surface area (Å²) in [5, 5.41) is 15.5. The Bertz CT molecular complexity index is 827. The minimum absolute atomic E-state index is 0.0331. The van der Waals surface area contributed by atoms with Crippen molar-refractivity contribution in [3.05, 3.63) is 69.9 Å². The standard InChI is InChI=1S/C19H18ClN3O/c1-12-8-14(3)18(16(20)9-12)22-11-15(10-21)19(24)23-17-7-5-4-6-13(17)2/h4-9,11,22H,1-3H3,(H,23,24)/b15-11-. The molecule has 2 aromatic carbocycles. The Kier molecular flexibility index (Phi) is 5.62. The second-order valence-electron chi connectivity index (χ2n) is 5.52. The number of rotatable bonds is 4. The Morgan fingerprint density at radius 3 is 2.50 bits per heavy atom. The Balaban J connectivity index is 2.20. The van der Waals surface area contributed by atoms with Gasteiger partial charge in [0, 0.05) is 11.9 Å². The van der Waals surface area contributed by atoms with Crippen LogP contribution in [0.3, 0.4) is 0 Å². The molecule has 4 nitrogen and oxygen atoms in total. The summed E-state index contributed by atoms with van der Waals surface area (Å²) in [5.74, 6) is -0.472. The molecule has 2 N–H and O–H groups in total. The molecule has 0 spiro atoms. The number of halogens is 1. The average Bonchev–Trinajstić information content (AvgIpc) is 2.52. The van der Waals surface area contributed by atoms with E-state index < -0.39 is 5.91 Å². The van der Waals surface area contributed by atoms with Crippen LogP contribution in [-0.2, 0) is 4.79 Å². The van der Waals surface area contributed by atoms with Crippen molar-refractivity contribution in [3.8, 4) is 6.07 Å². The number of hydrogen-bond acceptors (Lipinski definition) is 3. The molecule has 1 amide bonds. The van der Waals surface area contributed by atoms with Crippen LogP contribution >= 0.6 is 11.6 Å². The molecule has 0 saturated carbocycles. The van der Waals surface area contributed by atoms with E-state index in [1.165, 1.54) is 6.20 Å². The van der Waals surface area contributed by atoms with Gasteiger partial charge in [0.25, 0.3) is 5.91 Å². The molecule has 0 saturated heterocycles. The van der Waals surface area contributed by atoms with Crippen molar-refractivity contribution in [2.75, 3.05) is 10.6 Å².